The van der Waals surface area contributed by atoms with Crippen LogP contribution in [-0.4, -0.2) is 7.11 Å². The highest BCUT2D eigenvalue weighted by atomic mass is 79.9. The van der Waals surface area contributed by atoms with Crippen molar-refractivity contribution in [2.75, 3.05) is 7.11 Å². The molecule has 0 atom stereocenters. The van der Waals surface area contributed by atoms with Gasteiger partial charge in [0.05, 0.1) is 11.8 Å². The maximum Gasteiger partial charge on any atom is 0.137 e. The zero-order valence-corrected chi connectivity index (χ0v) is 10.7. The third-order valence-corrected chi connectivity index (χ3v) is 4.30. The summed E-state index contributed by atoms with van der Waals surface area (Å²) in [6.45, 7) is 0. The zero-order valence-electron chi connectivity index (χ0n) is 7.51. The van der Waals surface area contributed by atoms with E-state index in [2.05, 4.69) is 27.4 Å². The Morgan fingerprint density at radius 2 is 2.29 bits per heavy atom. The van der Waals surface area contributed by atoms with Crippen LogP contribution >= 0.6 is 38.9 Å². The van der Waals surface area contributed by atoms with Crippen LogP contribution in [0.2, 0.25) is 0 Å². The average Bonchev–Trinajstić information content (AvgIpc) is 2.59. The van der Waals surface area contributed by atoms with E-state index in [9.17, 15) is 0 Å². The molecule has 4 heteroatoms. The number of hydrogen-bond donors (Lipinski definition) is 0. The fourth-order valence-electron chi connectivity index (χ4n) is 1.36. The van der Waals surface area contributed by atoms with Crippen LogP contribution in [0.15, 0.2) is 22.0 Å². The van der Waals surface area contributed by atoms with Gasteiger partial charge in [0, 0.05) is 21.1 Å². The molecule has 2 rings (SSSR count). The minimum atomic E-state index is 0.509. The molecule has 2 aromatic rings. The molecule has 74 valence electrons. The molecule has 1 heterocycles. The van der Waals surface area contributed by atoms with Gasteiger partial charge in [0.1, 0.15) is 5.75 Å². The topological polar surface area (TPSA) is 9.23 Å². The number of halogens is 2. The van der Waals surface area contributed by atoms with Crippen molar-refractivity contribution < 1.29 is 4.74 Å². The van der Waals surface area contributed by atoms with Crippen LogP contribution in [0.1, 0.15) is 5.56 Å². The normalized spacial score (nSPS) is 10.8. The number of rotatable bonds is 2. The van der Waals surface area contributed by atoms with Gasteiger partial charge in [0.2, 0.25) is 0 Å². The SMILES string of the molecule is COc1cc(CCl)cc2c(Br)csc12. The van der Waals surface area contributed by atoms with Gasteiger partial charge in [-0.05, 0) is 33.6 Å². The lowest BCUT2D eigenvalue weighted by molar-refractivity contribution is 0.420. The summed E-state index contributed by atoms with van der Waals surface area (Å²) in [6.07, 6.45) is 0. The maximum absolute atomic E-state index is 5.81. The predicted molar refractivity (Wildman–Crippen MR) is 65.6 cm³/mol. The van der Waals surface area contributed by atoms with Crippen molar-refractivity contribution in [3.8, 4) is 5.75 Å². The van der Waals surface area contributed by atoms with Crippen molar-refractivity contribution in [1.29, 1.82) is 0 Å². The number of methoxy groups -OCH3 is 1. The summed E-state index contributed by atoms with van der Waals surface area (Å²) in [5.74, 6) is 1.41. The number of alkyl halides is 1. The molecule has 0 radical (unpaired) electrons. The number of fused-ring (bicyclic) bond motifs is 1. The summed E-state index contributed by atoms with van der Waals surface area (Å²) in [6, 6.07) is 4.07. The molecule has 14 heavy (non-hydrogen) atoms. The molecule has 0 saturated carbocycles. The molecule has 0 spiro atoms. The number of benzene rings is 1. The standard InChI is InChI=1S/C10H8BrClOS/c1-13-9-3-6(4-12)2-7-8(11)5-14-10(7)9/h2-3,5H,4H2,1H3. The quantitative estimate of drug-likeness (QED) is 0.745. The van der Waals surface area contributed by atoms with Gasteiger partial charge in [0.25, 0.3) is 0 Å². The van der Waals surface area contributed by atoms with Crippen LogP contribution < -0.4 is 4.74 Å². The molecule has 0 aliphatic rings. The molecular weight excluding hydrogens is 284 g/mol. The van der Waals surface area contributed by atoms with Crippen LogP contribution in [-0.2, 0) is 5.88 Å². The largest absolute Gasteiger partial charge is 0.495 e. The molecule has 0 unspecified atom stereocenters. The van der Waals surface area contributed by atoms with Crippen molar-refractivity contribution in [2.24, 2.45) is 0 Å². The van der Waals surface area contributed by atoms with E-state index in [-0.39, 0.29) is 0 Å². The first kappa shape index (κ1) is 10.3. The van der Waals surface area contributed by atoms with Crippen LogP contribution in [0, 0.1) is 0 Å². The van der Waals surface area contributed by atoms with Gasteiger partial charge in [-0.3, -0.25) is 0 Å². The fourth-order valence-corrected chi connectivity index (χ4v) is 3.14. The second-order valence-corrected chi connectivity index (χ2v) is 4.89. The minimum absolute atomic E-state index is 0.509. The summed E-state index contributed by atoms with van der Waals surface area (Å²) in [4.78, 5) is 0. The fraction of sp³-hybridized carbons (Fsp3) is 0.200. The van der Waals surface area contributed by atoms with Crippen molar-refractivity contribution in [1.82, 2.24) is 0 Å². The van der Waals surface area contributed by atoms with E-state index in [1.54, 1.807) is 18.4 Å². The molecule has 0 amide bonds. The Bertz CT molecular complexity index is 466. The molecule has 0 aliphatic carbocycles. The van der Waals surface area contributed by atoms with E-state index in [1.807, 2.05) is 6.07 Å². The lowest BCUT2D eigenvalue weighted by Crippen LogP contribution is -1.85. The predicted octanol–water partition coefficient (Wildman–Crippen LogP) is 4.41. The number of hydrogen-bond acceptors (Lipinski definition) is 2. The summed E-state index contributed by atoms with van der Waals surface area (Å²) in [5.41, 5.74) is 1.08. The Kier molecular flexibility index (Phi) is 3.00. The Morgan fingerprint density at radius 3 is 2.93 bits per heavy atom. The first-order valence-electron chi connectivity index (χ1n) is 4.06. The van der Waals surface area contributed by atoms with Crippen molar-refractivity contribution >= 4 is 49.0 Å². The molecule has 0 fully saturated rings. The first-order chi connectivity index (χ1) is 6.76. The molecule has 0 saturated heterocycles. The van der Waals surface area contributed by atoms with Gasteiger partial charge in [-0.2, -0.15) is 0 Å². The highest BCUT2D eigenvalue weighted by Crippen LogP contribution is 2.37. The van der Waals surface area contributed by atoms with E-state index >= 15 is 0 Å². The smallest absolute Gasteiger partial charge is 0.137 e. The van der Waals surface area contributed by atoms with Gasteiger partial charge in [-0.1, -0.05) is 0 Å². The Labute approximate surface area is 99.8 Å². The molecular formula is C10H8BrClOS. The summed E-state index contributed by atoms with van der Waals surface area (Å²) in [7, 11) is 1.68. The van der Waals surface area contributed by atoms with E-state index in [0.717, 1.165) is 20.5 Å². The first-order valence-corrected chi connectivity index (χ1v) is 6.26. The van der Waals surface area contributed by atoms with Crippen LogP contribution in [0.25, 0.3) is 10.1 Å². The molecule has 1 nitrogen and oxygen atoms in total. The van der Waals surface area contributed by atoms with E-state index < -0.39 is 0 Å². The van der Waals surface area contributed by atoms with Gasteiger partial charge >= 0.3 is 0 Å². The summed E-state index contributed by atoms with van der Waals surface area (Å²) in [5, 5.41) is 3.23. The van der Waals surface area contributed by atoms with E-state index in [4.69, 9.17) is 16.3 Å². The molecule has 1 aromatic heterocycles. The van der Waals surface area contributed by atoms with Gasteiger partial charge in [-0.25, -0.2) is 0 Å². The van der Waals surface area contributed by atoms with Gasteiger partial charge < -0.3 is 4.74 Å². The van der Waals surface area contributed by atoms with Gasteiger partial charge in [-0.15, -0.1) is 22.9 Å². The molecule has 0 bridgehead atoms. The van der Waals surface area contributed by atoms with Crippen LogP contribution in [0.4, 0.5) is 0 Å². The zero-order chi connectivity index (χ0) is 10.1. The van der Waals surface area contributed by atoms with E-state index in [0.29, 0.717) is 5.88 Å². The third kappa shape index (κ3) is 1.64. The number of ether oxygens (including phenoxy) is 1. The maximum atomic E-state index is 5.81. The molecule has 0 aliphatic heterocycles. The van der Waals surface area contributed by atoms with Gasteiger partial charge in [0.15, 0.2) is 0 Å². The summed E-state index contributed by atoms with van der Waals surface area (Å²) >= 11 is 11.0. The minimum Gasteiger partial charge on any atom is -0.495 e. The lowest BCUT2D eigenvalue weighted by atomic mass is 10.2. The molecule has 1 aromatic carbocycles. The lowest BCUT2D eigenvalue weighted by Gasteiger charge is -2.04. The van der Waals surface area contributed by atoms with E-state index in [1.165, 1.54) is 5.39 Å². The van der Waals surface area contributed by atoms with Crippen molar-refractivity contribution in [3.05, 3.63) is 27.5 Å². The van der Waals surface area contributed by atoms with Crippen LogP contribution in [0.3, 0.4) is 0 Å². The monoisotopic (exact) mass is 290 g/mol. The third-order valence-electron chi connectivity index (χ3n) is 2.03. The Morgan fingerprint density at radius 1 is 1.50 bits per heavy atom. The van der Waals surface area contributed by atoms with Crippen molar-refractivity contribution in [2.45, 2.75) is 5.88 Å². The average molecular weight is 292 g/mol. The number of thiophene rings is 1. The Hall–Kier alpha value is -0.250. The van der Waals surface area contributed by atoms with Crippen molar-refractivity contribution in [3.63, 3.8) is 0 Å². The highest BCUT2D eigenvalue weighted by Gasteiger charge is 2.08. The second-order valence-electron chi connectivity index (χ2n) is 2.89. The Balaban J connectivity index is 2.76. The van der Waals surface area contributed by atoms with Crippen LogP contribution in [0.5, 0.6) is 5.75 Å². The second kappa shape index (κ2) is 4.09. The summed E-state index contributed by atoms with van der Waals surface area (Å²) < 4.78 is 7.57. The molecule has 0 N–H and O–H groups in total. The highest BCUT2D eigenvalue weighted by molar-refractivity contribution is 9.10.